The summed E-state index contributed by atoms with van der Waals surface area (Å²) in [5, 5.41) is 13.9. The Hall–Kier alpha value is -2.14. The van der Waals surface area contributed by atoms with E-state index in [0.29, 0.717) is 18.9 Å². The lowest BCUT2D eigenvalue weighted by molar-refractivity contribution is -0.117. The van der Waals surface area contributed by atoms with Crippen LogP contribution >= 0.6 is 0 Å². The lowest BCUT2D eigenvalue weighted by atomic mass is 9.87. The average molecular weight is 367 g/mol. The van der Waals surface area contributed by atoms with Gasteiger partial charge in [0, 0.05) is 24.9 Å². The number of nitrogens with one attached hydrogen (secondary N) is 1. The number of aliphatic hydroxyl groups is 1. The highest BCUT2D eigenvalue weighted by atomic mass is 16.3. The van der Waals surface area contributed by atoms with Crippen molar-refractivity contribution in [2.75, 3.05) is 23.3 Å². The van der Waals surface area contributed by atoms with Gasteiger partial charge in [0.25, 0.3) is 0 Å². The number of aliphatic hydroxyl groups excluding tert-OH is 1. The Morgan fingerprint density at radius 1 is 1.19 bits per heavy atom. The molecule has 1 aliphatic heterocycles. The number of β-amino-alcohol motifs (C(OH)–C–C–N with tert-alkyl or cyclic N) is 1. The summed E-state index contributed by atoms with van der Waals surface area (Å²) in [4.78, 5) is 19.5. The highest BCUT2D eigenvalue weighted by Crippen LogP contribution is 2.31. The molecule has 1 aliphatic carbocycles. The Bertz CT molecular complexity index is 830. The first-order valence-electron chi connectivity index (χ1n) is 10.2. The standard InChI is InChI=1S/C22H29N3O2/c1-15-7-9-19-18(8-10-20(23-19)25-12-11-17(26)14-25)22(15)24-21(27)13-16-5-3-2-4-6-16/h7-10,16-17,26H,2-6,11-14H2,1H3,(H,24,27). The fourth-order valence-electron chi connectivity index (χ4n) is 4.44. The number of pyridine rings is 1. The number of anilines is 2. The van der Waals surface area contributed by atoms with Crippen LogP contribution in [0.25, 0.3) is 10.9 Å². The molecule has 4 rings (SSSR count). The number of rotatable bonds is 4. The number of carbonyl (C=O) groups is 1. The zero-order chi connectivity index (χ0) is 18.8. The van der Waals surface area contributed by atoms with Crippen LogP contribution in [0.15, 0.2) is 24.3 Å². The molecule has 2 aromatic rings. The molecular weight excluding hydrogens is 338 g/mol. The monoisotopic (exact) mass is 367 g/mol. The van der Waals surface area contributed by atoms with Gasteiger partial charge in [0.1, 0.15) is 5.82 Å². The molecule has 1 saturated heterocycles. The van der Waals surface area contributed by atoms with Crippen molar-refractivity contribution in [3.05, 3.63) is 29.8 Å². The number of hydrogen-bond donors (Lipinski definition) is 2. The third-order valence-corrected chi connectivity index (χ3v) is 6.02. The van der Waals surface area contributed by atoms with Crippen LogP contribution in [0, 0.1) is 12.8 Å². The molecule has 2 N–H and O–H groups in total. The molecule has 27 heavy (non-hydrogen) atoms. The Labute approximate surface area is 160 Å². The third-order valence-electron chi connectivity index (χ3n) is 6.02. The maximum atomic E-state index is 12.6. The number of hydrogen-bond acceptors (Lipinski definition) is 4. The maximum Gasteiger partial charge on any atom is 0.224 e. The van der Waals surface area contributed by atoms with Gasteiger partial charge in [-0.2, -0.15) is 0 Å². The molecule has 1 unspecified atom stereocenters. The van der Waals surface area contributed by atoms with Gasteiger partial charge in [-0.15, -0.1) is 0 Å². The molecule has 2 heterocycles. The van der Waals surface area contributed by atoms with Gasteiger partial charge in [-0.3, -0.25) is 4.79 Å². The van der Waals surface area contributed by atoms with Crippen molar-refractivity contribution >= 4 is 28.3 Å². The Morgan fingerprint density at radius 3 is 2.74 bits per heavy atom. The molecule has 144 valence electrons. The van der Waals surface area contributed by atoms with Gasteiger partial charge in [0.2, 0.25) is 5.91 Å². The van der Waals surface area contributed by atoms with Gasteiger partial charge < -0.3 is 15.3 Å². The van der Waals surface area contributed by atoms with Crippen molar-refractivity contribution in [2.45, 2.75) is 58.0 Å². The van der Waals surface area contributed by atoms with E-state index >= 15 is 0 Å². The minimum atomic E-state index is -0.268. The van der Waals surface area contributed by atoms with Crippen LogP contribution in [0.2, 0.25) is 0 Å². The van der Waals surface area contributed by atoms with Crippen LogP contribution in [0.3, 0.4) is 0 Å². The van der Waals surface area contributed by atoms with Crippen LogP contribution in [-0.2, 0) is 4.79 Å². The zero-order valence-electron chi connectivity index (χ0n) is 16.1. The number of benzene rings is 1. The number of fused-ring (bicyclic) bond motifs is 1. The van der Waals surface area contributed by atoms with Crippen molar-refractivity contribution in [2.24, 2.45) is 5.92 Å². The number of aromatic nitrogens is 1. The highest BCUT2D eigenvalue weighted by molar-refractivity contribution is 6.02. The van der Waals surface area contributed by atoms with E-state index < -0.39 is 0 Å². The second kappa shape index (κ2) is 7.85. The number of amides is 1. The van der Waals surface area contributed by atoms with E-state index in [2.05, 4.69) is 10.2 Å². The number of nitrogens with zero attached hydrogens (tertiary/aromatic N) is 2. The molecule has 1 amide bonds. The van der Waals surface area contributed by atoms with Gasteiger partial charge >= 0.3 is 0 Å². The van der Waals surface area contributed by atoms with Gasteiger partial charge in [0.05, 0.1) is 17.3 Å². The minimum Gasteiger partial charge on any atom is -0.391 e. The zero-order valence-corrected chi connectivity index (χ0v) is 16.1. The highest BCUT2D eigenvalue weighted by Gasteiger charge is 2.22. The summed E-state index contributed by atoms with van der Waals surface area (Å²) in [6.07, 6.45) is 7.30. The summed E-state index contributed by atoms with van der Waals surface area (Å²) in [5.41, 5.74) is 2.83. The van der Waals surface area contributed by atoms with E-state index in [9.17, 15) is 9.90 Å². The van der Waals surface area contributed by atoms with Crippen LogP contribution in [-0.4, -0.2) is 35.2 Å². The molecule has 0 radical (unpaired) electrons. The Kier molecular flexibility index (Phi) is 5.30. The number of carbonyl (C=O) groups excluding carboxylic acids is 1. The van der Waals surface area contributed by atoms with Gasteiger partial charge in [-0.05, 0) is 55.9 Å². The number of aryl methyl sites for hydroxylation is 1. The maximum absolute atomic E-state index is 12.6. The van der Waals surface area contributed by atoms with Gasteiger partial charge in [-0.1, -0.05) is 25.3 Å². The summed E-state index contributed by atoms with van der Waals surface area (Å²) in [6, 6.07) is 8.08. The molecule has 5 heteroatoms. The SMILES string of the molecule is Cc1ccc2nc(N3CCC(O)C3)ccc2c1NC(=O)CC1CCCCC1. The second-order valence-electron chi connectivity index (χ2n) is 8.14. The molecule has 0 bridgehead atoms. The predicted octanol–water partition coefficient (Wildman–Crippen LogP) is 4.02. The molecule has 2 aliphatic rings. The molecule has 2 fully saturated rings. The fourth-order valence-corrected chi connectivity index (χ4v) is 4.44. The predicted molar refractivity (Wildman–Crippen MR) is 109 cm³/mol. The van der Waals surface area contributed by atoms with Crippen molar-refractivity contribution in [3.8, 4) is 0 Å². The van der Waals surface area contributed by atoms with E-state index in [1.807, 2.05) is 31.2 Å². The first-order valence-corrected chi connectivity index (χ1v) is 10.2. The summed E-state index contributed by atoms with van der Waals surface area (Å²) in [5.74, 6) is 1.53. The van der Waals surface area contributed by atoms with E-state index in [1.54, 1.807) is 0 Å². The first kappa shape index (κ1) is 18.2. The van der Waals surface area contributed by atoms with Gasteiger partial charge in [-0.25, -0.2) is 4.98 Å². The lowest BCUT2D eigenvalue weighted by Crippen LogP contribution is -2.22. The van der Waals surface area contributed by atoms with Crippen LogP contribution < -0.4 is 10.2 Å². The lowest BCUT2D eigenvalue weighted by Gasteiger charge is -2.21. The van der Waals surface area contributed by atoms with E-state index in [-0.39, 0.29) is 12.0 Å². The normalized spacial score (nSPS) is 21.0. The molecule has 5 nitrogen and oxygen atoms in total. The molecule has 1 aromatic heterocycles. The van der Waals surface area contributed by atoms with Crippen LogP contribution in [0.5, 0.6) is 0 Å². The minimum absolute atomic E-state index is 0.115. The fraction of sp³-hybridized carbons (Fsp3) is 0.545. The van der Waals surface area contributed by atoms with E-state index in [0.717, 1.165) is 40.9 Å². The van der Waals surface area contributed by atoms with Crippen LogP contribution in [0.4, 0.5) is 11.5 Å². The Morgan fingerprint density at radius 2 is 2.00 bits per heavy atom. The van der Waals surface area contributed by atoms with E-state index in [4.69, 9.17) is 4.98 Å². The average Bonchev–Trinajstić information content (AvgIpc) is 3.11. The van der Waals surface area contributed by atoms with Crippen molar-refractivity contribution in [1.29, 1.82) is 0 Å². The second-order valence-corrected chi connectivity index (χ2v) is 8.14. The molecule has 1 saturated carbocycles. The topological polar surface area (TPSA) is 65.5 Å². The quantitative estimate of drug-likeness (QED) is 0.856. The smallest absolute Gasteiger partial charge is 0.224 e. The third kappa shape index (κ3) is 4.08. The van der Waals surface area contributed by atoms with E-state index in [1.165, 1.54) is 32.1 Å². The summed E-state index contributed by atoms with van der Waals surface area (Å²) < 4.78 is 0. The molecular formula is C22H29N3O2. The van der Waals surface area contributed by atoms with Crippen molar-refractivity contribution in [1.82, 2.24) is 4.98 Å². The summed E-state index contributed by atoms with van der Waals surface area (Å²) in [6.45, 7) is 3.49. The molecule has 1 aromatic carbocycles. The first-order chi connectivity index (χ1) is 13.1. The summed E-state index contributed by atoms with van der Waals surface area (Å²) in [7, 11) is 0. The van der Waals surface area contributed by atoms with Crippen LogP contribution in [0.1, 0.15) is 50.5 Å². The van der Waals surface area contributed by atoms with Crippen molar-refractivity contribution in [3.63, 3.8) is 0 Å². The van der Waals surface area contributed by atoms with Crippen molar-refractivity contribution < 1.29 is 9.90 Å². The Balaban J connectivity index is 1.54. The largest absolute Gasteiger partial charge is 0.391 e. The van der Waals surface area contributed by atoms with Gasteiger partial charge in [0.15, 0.2) is 0 Å². The summed E-state index contributed by atoms with van der Waals surface area (Å²) >= 11 is 0. The molecule has 1 atom stereocenters. The molecule has 0 spiro atoms.